The van der Waals surface area contributed by atoms with Crippen molar-refractivity contribution in [1.82, 2.24) is 19.6 Å². The molecule has 20 heavy (non-hydrogen) atoms. The molecule has 1 atom stereocenters. The van der Waals surface area contributed by atoms with Gasteiger partial charge in [0, 0.05) is 6.54 Å². The molecule has 0 saturated carbocycles. The number of nitrogens with one attached hydrogen (secondary N) is 2. The van der Waals surface area contributed by atoms with Crippen molar-refractivity contribution in [2.24, 2.45) is 0 Å². The number of anilines is 1. The van der Waals surface area contributed by atoms with Gasteiger partial charge in [0.15, 0.2) is 0 Å². The van der Waals surface area contributed by atoms with Gasteiger partial charge >= 0.3 is 0 Å². The average Bonchev–Trinajstić information content (AvgIpc) is 2.84. The molecule has 0 saturated heterocycles. The number of nitrogen functional groups attached to an aromatic ring is 1. The van der Waals surface area contributed by atoms with Crippen LogP contribution in [0.1, 0.15) is 23.5 Å². The van der Waals surface area contributed by atoms with Gasteiger partial charge in [-0.15, -0.1) is 10.2 Å². The Balaban J connectivity index is 1.94. The number of aromatic nitrogens is 2. The number of hydrogen-bond donors (Lipinski definition) is 3. The molecule has 4 N–H and O–H groups in total. The van der Waals surface area contributed by atoms with Crippen molar-refractivity contribution in [2.75, 3.05) is 5.73 Å². The minimum atomic E-state index is -3.62. The quantitative estimate of drug-likeness (QED) is 0.731. The van der Waals surface area contributed by atoms with Crippen LogP contribution in [0.15, 0.2) is 30.3 Å². The van der Waals surface area contributed by atoms with Crippen LogP contribution in [0.5, 0.6) is 0 Å². The standard InChI is InChI=1S/C11H15N5O2S2/c1-8(10-14-15-11(12)19-10)16-20(17,18)13-7-9-5-3-2-4-6-9/h2-6,8,13,16H,7H2,1H3,(H2,12,15). The van der Waals surface area contributed by atoms with Crippen LogP contribution in [-0.4, -0.2) is 18.6 Å². The molecule has 0 fully saturated rings. The van der Waals surface area contributed by atoms with E-state index in [4.69, 9.17) is 5.73 Å². The minimum Gasteiger partial charge on any atom is -0.374 e. The third-order valence-electron chi connectivity index (χ3n) is 2.47. The average molecular weight is 313 g/mol. The Bertz CT molecular complexity index is 656. The number of nitrogens with zero attached hydrogens (tertiary/aromatic N) is 2. The molecule has 0 spiro atoms. The zero-order valence-electron chi connectivity index (χ0n) is 10.8. The van der Waals surface area contributed by atoms with Crippen LogP contribution in [-0.2, 0) is 16.8 Å². The van der Waals surface area contributed by atoms with Gasteiger partial charge in [-0.3, -0.25) is 0 Å². The van der Waals surface area contributed by atoms with Crippen LogP contribution in [0.3, 0.4) is 0 Å². The van der Waals surface area contributed by atoms with E-state index in [1.807, 2.05) is 30.3 Å². The summed E-state index contributed by atoms with van der Waals surface area (Å²) in [6, 6.07) is 8.78. The molecule has 108 valence electrons. The molecule has 0 amide bonds. The van der Waals surface area contributed by atoms with E-state index in [0.717, 1.165) is 16.9 Å². The van der Waals surface area contributed by atoms with E-state index in [1.54, 1.807) is 6.92 Å². The maximum Gasteiger partial charge on any atom is 0.277 e. The topological polar surface area (TPSA) is 110 Å². The molecule has 0 aliphatic heterocycles. The van der Waals surface area contributed by atoms with E-state index in [-0.39, 0.29) is 6.54 Å². The lowest BCUT2D eigenvalue weighted by Crippen LogP contribution is -2.37. The molecule has 2 rings (SSSR count). The van der Waals surface area contributed by atoms with Crippen LogP contribution < -0.4 is 15.2 Å². The highest BCUT2D eigenvalue weighted by Crippen LogP contribution is 2.19. The number of benzene rings is 1. The predicted molar refractivity (Wildman–Crippen MR) is 78.1 cm³/mol. The molecule has 1 heterocycles. The van der Waals surface area contributed by atoms with Gasteiger partial charge < -0.3 is 5.73 Å². The van der Waals surface area contributed by atoms with E-state index >= 15 is 0 Å². The highest BCUT2D eigenvalue weighted by Gasteiger charge is 2.18. The first-order valence-corrected chi connectivity index (χ1v) is 8.16. The molecule has 1 aromatic carbocycles. The van der Waals surface area contributed by atoms with Gasteiger partial charge in [-0.25, -0.2) is 0 Å². The first-order chi connectivity index (χ1) is 9.46. The lowest BCUT2D eigenvalue weighted by Gasteiger charge is -2.12. The van der Waals surface area contributed by atoms with E-state index < -0.39 is 16.3 Å². The zero-order valence-corrected chi connectivity index (χ0v) is 12.4. The summed E-state index contributed by atoms with van der Waals surface area (Å²) in [7, 11) is -3.62. The smallest absolute Gasteiger partial charge is 0.277 e. The Kier molecular flexibility index (Phi) is 4.65. The number of hydrogen-bond acceptors (Lipinski definition) is 6. The molecule has 1 aromatic heterocycles. The van der Waals surface area contributed by atoms with E-state index in [0.29, 0.717) is 10.1 Å². The summed E-state index contributed by atoms with van der Waals surface area (Å²) in [5.74, 6) is 0. The molecular weight excluding hydrogens is 298 g/mol. The third-order valence-corrected chi connectivity index (χ3v) is 4.59. The van der Waals surface area contributed by atoms with Crippen molar-refractivity contribution < 1.29 is 8.42 Å². The molecule has 7 nitrogen and oxygen atoms in total. The predicted octanol–water partition coefficient (Wildman–Crippen LogP) is 0.805. The van der Waals surface area contributed by atoms with Gasteiger partial charge in [0.1, 0.15) is 5.01 Å². The highest BCUT2D eigenvalue weighted by atomic mass is 32.2. The Labute approximate surface area is 121 Å². The first kappa shape index (κ1) is 14.9. The summed E-state index contributed by atoms with van der Waals surface area (Å²) in [5.41, 5.74) is 6.35. The number of rotatable bonds is 6. The Morgan fingerprint density at radius 3 is 2.60 bits per heavy atom. The number of nitrogens with two attached hydrogens (primary N) is 1. The second-order valence-electron chi connectivity index (χ2n) is 4.13. The van der Waals surface area contributed by atoms with Crippen molar-refractivity contribution in [3.05, 3.63) is 40.9 Å². The van der Waals surface area contributed by atoms with Gasteiger partial charge in [-0.1, -0.05) is 41.7 Å². The van der Waals surface area contributed by atoms with Crippen LogP contribution in [0.4, 0.5) is 5.13 Å². The van der Waals surface area contributed by atoms with Crippen LogP contribution in [0, 0.1) is 0 Å². The molecule has 0 bridgehead atoms. The largest absolute Gasteiger partial charge is 0.374 e. The molecule has 1 unspecified atom stereocenters. The maximum atomic E-state index is 11.9. The Hall–Kier alpha value is -1.55. The summed E-state index contributed by atoms with van der Waals surface area (Å²) >= 11 is 1.15. The van der Waals surface area contributed by atoms with E-state index in [1.165, 1.54) is 0 Å². The molecule has 9 heteroatoms. The summed E-state index contributed by atoms with van der Waals surface area (Å²) in [6.07, 6.45) is 0. The zero-order chi connectivity index (χ0) is 14.6. The van der Waals surface area contributed by atoms with E-state index in [2.05, 4.69) is 19.6 Å². The van der Waals surface area contributed by atoms with Gasteiger partial charge in [0.05, 0.1) is 6.04 Å². The fraction of sp³-hybridized carbons (Fsp3) is 0.273. The Morgan fingerprint density at radius 1 is 1.30 bits per heavy atom. The summed E-state index contributed by atoms with van der Waals surface area (Å²) in [6.45, 7) is 1.91. The third kappa shape index (κ3) is 4.23. The molecule has 0 aliphatic rings. The molecule has 2 aromatic rings. The van der Waals surface area contributed by atoms with Gasteiger partial charge in [-0.2, -0.15) is 17.9 Å². The monoisotopic (exact) mass is 313 g/mol. The van der Waals surface area contributed by atoms with Crippen LogP contribution in [0.2, 0.25) is 0 Å². The van der Waals surface area contributed by atoms with Gasteiger partial charge in [0.25, 0.3) is 10.2 Å². The first-order valence-electron chi connectivity index (χ1n) is 5.86. The fourth-order valence-corrected chi connectivity index (χ4v) is 3.23. The van der Waals surface area contributed by atoms with Crippen molar-refractivity contribution in [1.29, 1.82) is 0 Å². The lowest BCUT2D eigenvalue weighted by atomic mass is 10.2. The minimum absolute atomic E-state index is 0.223. The second-order valence-corrected chi connectivity index (χ2v) is 6.70. The summed E-state index contributed by atoms with van der Waals surface area (Å²) in [4.78, 5) is 0. The fourth-order valence-electron chi connectivity index (χ4n) is 1.52. The Morgan fingerprint density at radius 2 is 2.00 bits per heavy atom. The van der Waals surface area contributed by atoms with Crippen molar-refractivity contribution >= 4 is 26.7 Å². The second kappa shape index (κ2) is 6.27. The SMILES string of the molecule is CC(NS(=O)(=O)NCc1ccccc1)c1nnc(N)s1. The molecule has 0 aliphatic carbocycles. The van der Waals surface area contributed by atoms with Gasteiger partial charge in [-0.05, 0) is 12.5 Å². The van der Waals surface area contributed by atoms with Gasteiger partial charge in [0.2, 0.25) is 5.13 Å². The normalized spacial score (nSPS) is 13.2. The summed E-state index contributed by atoms with van der Waals surface area (Å²) < 4.78 is 28.7. The van der Waals surface area contributed by atoms with Crippen LogP contribution in [0.25, 0.3) is 0 Å². The van der Waals surface area contributed by atoms with Crippen molar-refractivity contribution in [2.45, 2.75) is 19.5 Å². The molecule has 0 radical (unpaired) electrons. The van der Waals surface area contributed by atoms with Crippen molar-refractivity contribution in [3.8, 4) is 0 Å². The lowest BCUT2D eigenvalue weighted by molar-refractivity contribution is 0.550. The summed E-state index contributed by atoms with van der Waals surface area (Å²) in [5, 5.41) is 8.29. The van der Waals surface area contributed by atoms with Crippen LogP contribution >= 0.6 is 11.3 Å². The highest BCUT2D eigenvalue weighted by molar-refractivity contribution is 7.87. The van der Waals surface area contributed by atoms with E-state index in [9.17, 15) is 8.42 Å². The van der Waals surface area contributed by atoms with Crippen molar-refractivity contribution in [3.63, 3.8) is 0 Å². The molecular formula is C11H15N5O2S2. The maximum absolute atomic E-state index is 11.9.